The molecule has 6 heteroatoms. The van der Waals surface area contributed by atoms with Gasteiger partial charge in [0.05, 0.1) is 11.7 Å². The summed E-state index contributed by atoms with van der Waals surface area (Å²) < 4.78 is 1.48. The third-order valence-corrected chi connectivity index (χ3v) is 2.93. The second-order valence-electron chi connectivity index (χ2n) is 4.28. The second kappa shape index (κ2) is 4.27. The summed E-state index contributed by atoms with van der Waals surface area (Å²) >= 11 is 0. The third-order valence-electron chi connectivity index (χ3n) is 2.93. The molecule has 20 heavy (non-hydrogen) atoms. The molecule has 2 heterocycles. The zero-order chi connectivity index (χ0) is 14.3. The molecule has 0 aliphatic carbocycles. The number of nitrogens with zero attached hydrogens (tertiary/aromatic N) is 2. The number of carboxylic acid groups (broad SMARTS) is 1. The van der Waals surface area contributed by atoms with E-state index in [-0.39, 0.29) is 17.2 Å². The van der Waals surface area contributed by atoms with Crippen molar-refractivity contribution in [2.24, 2.45) is 0 Å². The molecule has 0 aliphatic heterocycles. The summed E-state index contributed by atoms with van der Waals surface area (Å²) in [7, 11) is 0. The molecule has 0 saturated carbocycles. The van der Waals surface area contributed by atoms with Crippen LogP contribution in [0.4, 0.5) is 0 Å². The number of pyridine rings is 1. The summed E-state index contributed by atoms with van der Waals surface area (Å²) in [5.74, 6) is -0.770. The molecular weight excluding hydrogens is 260 g/mol. The molecule has 0 saturated heterocycles. The molecule has 0 amide bonds. The highest BCUT2D eigenvalue weighted by atomic mass is 16.4. The molecule has 2 aromatic heterocycles. The molecule has 0 bridgehead atoms. The SMILES string of the molecule is O=C(O)c1nc(-c2cccc(O)c2)n2cc(O)ccc12. The van der Waals surface area contributed by atoms with Gasteiger partial charge in [-0.2, -0.15) is 0 Å². The van der Waals surface area contributed by atoms with Crippen LogP contribution < -0.4 is 0 Å². The number of phenolic OH excluding ortho intramolecular Hbond substituents is 1. The van der Waals surface area contributed by atoms with Gasteiger partial charge in [0.15, 0.2) is 5.69 Å². The van der Waals surface area contributed by atoms with Crippen molar-refractivity contribution in [1.29, 1.82) is 0 Å². The van der Waals surface area contributed by atoms with Crippen LogP contribution in [0.2, 0.25) is 0 Å². The molecule has 0 fully saturated rings. The predicted octanol–water partition coefficient (Wildman–Crippen LogP) is 2.11. The van der Waals surface area contributed by atoms with Gasteiger partial charge in [0, 0.05) is 5.56 Å². The van der Waals surface area contributed by atoms with Crippen molar-refractivity contribution in [1.82, 2.24) is 9.38 Å². The van der Waals surface area contributed by atoms with Crippen molar-refractivity contribution in [3.05, 3.63) is 48.3 Å². The standard InChI is InChI=1S/C14H10N2O4/c17-9-3-1-2-8(6-9)13-15-12(14(19)20)11-5-4-10(18)7-16(11)13/h1-7,17-18H,(H,19,20). The molecule has 0 aliphatic rings. The van der Waals surface area contributed by atoms with E-state index in [1.807, 2.05) is 0 Å². The van der Waals surface area contributed by atoms with Gasteiger partial charge in [-0.25, -0.2) is 9.78 Å². The molecule has 3 N–H and O–H groups in total. The van der Waals surface area contributed by atoms with Crippen LogP contribution in [-0.4, -0.2) is 30.7 Å². The van der Waals surface area contributed by atoms with Crippen molar-refractivity contribution in [2.75, 3.05) is 0 Å². The fraction of sp³-hybridized carbons (Fsp3) is 0. The molecule has 0 atom stereocenters. The van der Waals surface area contributed by atoms with Crippen molar-refractivity contribution >= 4 is 11.5 Å². The number of carboxylic acids is 1. The van der Waals surface area contributed by atoms with Crippen molar-refractivity contribution < 1.29 is 20.1 Å². The Morgan fingerprint density at radius 3 is 2.60 bits per heavy atom. The van der Waals surface area contributed by atoms with E-state index in [0.717, 1.165) is 0 Å². The minimum atomic E-state index is -1.15. The number of phenols is 1. The molecule has 6 nitrogen and oxygen atoms in total. The van der Waals surface area contributed by atoms with Crippen LogP contribution >= 0.6 is 0 Å². The Morgan fingerprint density at radius 2 is 1.90 bits per heavy atom. The lowest BCUT2D eigenvalue weighted by Gasteiger charge is -2.02. The fourth-order valence-electron chi connectivity index (χ4n) is 2.08. The molecular formula is C14H10N2O4. The number of hydrogen-bond donors (Lipinski definition) is 3. The first kappa shape index (κ1) is 12.0. The quantitative estimate of drug-likeness (QED) is 0.663. The van der Waals surface area contributed by atoms with E-state index in [1.165, 1.54) is 34.9 Å². The van der Waals surface area contributed by atoms with Gasteiger partial charge in [-0.1, -0.05) is 12.1 Å². The van der Waals surface area contributed by atoms with E-state index in [0.29, 0.717) is 16.9 Å². The van der Waals surface area contributed by atoms with Crippen molar-refractivity contribution in [2.45, 2.75) is 0 Å². The van der Waals surface area contributed by atoms with Gasteiger partial charge in [0.1, 0.15) is 17.3 Å². The number of aromatic nitrogens is 2. The Morgan fingerprint density at radius 1 is 1.10 bits per heavy atom. The fourth-order valence-corrected chi connectivity index (χ4v) is 2.08. The summed E-state index contributed by atoms with van der Waals surface area (Å²) in [6.07, 6.45) is 1.38. The van der Waals surface area contributed by atoms with E-state index in [9.17, 15) is 20.1 Å². The zero-order valence-corrected chi connectivity index (χ0v) is 10.2. The van der Waals surface area contributed by atoms with Crippen LogP contribution in [0.15, 0.2) is 42.6 Å². The molecule has 0 radical (unpaired) electrons. The minimum absolute atomic E-state index is 0.00626. The van der Waals surface area contributed by atoms with Crippen LogP contribution in [0.25, 0.3) is 16.9 Å². The van der Waals surface area contributed by atoms with Gasteiger partial charge < -0.3 is 15.3 Å². The summed E-state index contributed by atoms with van der Waals surface area (Å²) in [6.45, 7) is 0. The topological polar surface area (TPSA) is 95.1 Å². The maximum atomic E-state index is 11.2. The summed E-state index contributed by atoms with van der Waals surface area (Å²) in [4.78, 5) is 15.3. The van der Waals surface area contributed by atoms with Crippen LogP contribution in [0.3, 0.4) is 0 Å². The average Bonchev–Trinajstić information content (AvgIpc) is 2.77. The van der Waals surface area contributed by atoms with Gasteiger partial charge in [-0.05, 0) is 24.3 Å². The number of hydrogen-bond acceptors (Lipinski definition) is 4. The number of benzene rings is 1. The maximum Gasteiger partial charge on any atom is 0.356 e. The highest BCUT2D eigenvalue weighted by Crippen LogP contribution is 2.27. The summed E-state index contributed by atoms with van der Waals surface area (Å²) in [5.41, 5.74) is 0.815. The van der Waals surface area contributed by atoms with E-state index in [1.54, 1.807) is 12.1 Å². The summed E-state index contributed by atoms with van der Waals surface area (Å²) in [6, 6.07) is 9.20. The first-order chi connectivity index (χ1) is 9.56. The lowest BCUT2D eigenvalue weighted by atomic mass is 10.2. The number of rotatable bonds is 2. The summed E-state index contributed by atoms with van der Waals surface area (Å²) in [5, 5.41) is 28.3. The minimum Gasteiger partial charge on any atom is -0.508 e. The normalized spacial score (nSPS) is 10.8. The van der Waals surface area contributed by atoms with Crippen LogP contribution in [0.5, 0.6) is 11.5 Å². The first-order valence-electron chi connectivity index (χ1n) is 5.80. The number of aromatic hydroxyl groups is 2. The Balaban J connectivity index is 2.35. The van der Waals surface area contributed by atoms with Crippen molar-refractivity contribution in [3.8, 4) is 22.9 Å². The maximum absolute atomic E-state index is 11.2. The lowest BCUT2D eigenvalue weighted by Crippen LogP contribution is -1.97. The van der Waals surface area contributed by atoms with Crippen LogP contribution in [-0.2, 0) is 0 Å². The van der Waals surface area contributed by atoms with Gasteiger partial charge in [-0.3, -0.25) is 4.40 Å². The molecule has 3 aromatic rings. The predicted molar refractivity (Wildman–Crippen MR) is 70.9 cm³/mol. The zero-order valence-electron chi connectivity index (χ0n) is 10.2. The Bertz CT molecular complexity index is 823. The Hall–Kier alpha value is -3.02. The number of imidazole rings is 1. The highest BCUT2D eigenvalue weighted by Gasteiger charge is 2.18. The van der Waals surface area contributed by atoms with E-state index >= 15 is 0 Å². The smallest absolute Gasteiger partial charge is 0.356 e. The van der Waals surface area contributed by atoms with Gasteiger partial charge in [-0.15, -0.1) is 0 Å². The van der Waals surface area contributed by atoms with Crippen LogP contribution in [0, 0.1) is 0 Å². The molecule has 3 rings (SSSR count). The first-order valence-corrected chi connectivity index (χ1v) is 5.80. The molecule has 0 spiro atoms. The van der Waals surface area contributed by atoms with Gasteiger partial charge in [0.2, 0.25) is 0 Å². The number of carbonyl (C=O) groups is 1. The lowest BCUT2D eigenvalue weighted by molar-refractivity contribution is 0.0693. The van der Waals surface area contributed by atoms with E-state index in [4.69, 9.17) is 0 Å². The monoisotopic (exact) mass is 270 g/mol. The number of fused-ring (bicyclic) bond motifs is 1. The van der Waals surface area contributed by atoms with Gasteiger partial charge >= 0.3 is 5.97 Å². The Labute approximate surface area is 113 Å². The number of aromatic carboxylic acids is 1. The Kier molecular flexibility index (Phi) is 2.57. The highest BCUT2D eigenvalue weighted by molar-refractivity contribution is 5.95. The molecule has 100 valence electrons. The van der Waals surface area contributed by atoms with Gasteiger partial charge in [0.25, 0.3) is 0 Å². The third kappa shape index (κ3) is 1.83. The molecule has 0 unspecified atom stereocenters. The largest absolute Gasteiger partial charge is 0.508 e. The second-order valence-corrected chi connectivity index (χ2v) is 4.28. The van der Waals surface area contributed by atoms with Crippen LogP contribution in [0.1, 0.15) is 10.5 Å². The average molecular weight is 270 g/mol. The molecule has 1 aromatic carbocycles. The van der Waals surface area contributed by atoms with E-state index < -0.39 is 5.97 Å². The van der Waals surface area contributed by atoms with E-state index in [2.05, 4.69) is 4.98 Å². The van der Waals surface area contributed by atoms with Crippen molar-refractivity contribution in [3.63, 3.8) is 0 Å².